The van der Waals surface area contributed by atoms with Crippen LogP contribution < -0.4 is 5.11 Å². The predicted molar refractivity (Wildman–Crippen MR) is 82.1 cm³/mol. The number of aliphatic hydroxyl groups excluding tert-OH is 1. The highest BCUT2D eigenvalue weighted by atomic mass is 32.2. The molecule has 0 unspecified atom stereocenters. The number of amides is 1. The Labute approximate surface area is 131 Å². The number of aliphatic carboxylic acids is 1. The molecule has 2 rings (SSSR count). The number of aliphatic hydroxyl groups is 1. The fourth-order valence-electron chi connectivity index (χ4n) is 1.90. The van der Waals surface area contributed by atoms with Crippen molar-refractivity contribution in [1.29, 1.82) is 0 Å². The van der Waals surface area contributed by atoms with E-state index in [9.17, 15) is 14.7 Å². The van der Waals surface area contributed by atoms with Crippen molar-refractivity contribution < 1.29 is 19.8 Å². The van der Waals surface area contributed by atoms with Crippen LogP contribution in [0.4, 0.5) is 0 Å². The van der Waals surface area contributed by atoms with Crippen LogP contribution in [-0.4, -0.2) is 38.9 Å². The van der Waals surface area contributed by atoms with Gasteiger partial charge in [0.1, 0.15) is 10.4 Å². The van der Waals surface area contributed by atoms with Gasteiger partial charge in [-0.2, -0.15) is 0 Å². The van der Waals surface area contributed by atoms with E-state index in [2.05, 4.69) is 0 Å². The molecule has 0 bridgehead atoms. The lowest BCUT2D eigenvalue weighted by Crippen LogP contribution is -2.51. The number of hydrogen-bond donors (Lipinski definition) is 1. The highest BCUT2D eigenvalue weighted by molar-refractivity contribution is 8.26. The molecule has 7 heteroatoms. The predicted octanol–water partition coefficient (Wildman–Crippen LogP) is 0.307. The monoisotopic (exact) mass is 322 g/mol. The van der Waals surface area contributed by atoms with Gasteiger partial charge in [-0.3, -0.25) is 9.69 Å². The maximum atomic E-state index is 12.3. The molecule has 1 N–H and O–H groups in total. The van der Waals surface area contributed by atoms with Gasteiger partial charge in [0.25, 0.3) is 5.91 Å². The normalized spacial score (nSPS) is 18.4. The molecule has 0 spiro atoms. The molecule has 5 nitrogen and oxygen atoms in total. The first-order valence-corrected chi connectivity index (χ1v) is 7.32. The fraction of sp³-hybridized carbons (Fsp3) is 0.214. The first-order valence-electron chi connectivity index (χ1n) is 6.10. The minimum Gasteiger partial charge on any atom is -0.548 e. The minimum atomic E-state index is -1.54. The van der Waals surface area contributed by atoms with Crippen LogP contribution >= 0.6 is 24.0 Å². The van der Waals surface area contributed by atoms with Crippen LogP contribution in [0.2, 0.25) is 0 Å². The Morgan fingerprint density at radius 2 is 2.19 bits per heavy atom. The van der Waals surface area contributed by atoms with Crippen LogP contribution in [-0.2, 0) is 9.59 Å². The van der Waals surface area contributed by atoms with Gasteiger partial charge in [-0.25, -0.2) is 0 Å². The molecule has 1 aliphatic rings. The molecule has 1 fully saturated rings. The summed E-state index contributed by atoms with van der Waals surface area (Å²) < 4.78 is 0.100. The molecule has 1 aliphatic heterocycles. The molecule has 1 aromatic carbocycles. The summed E-state index contributed by atoms with van der Waals surface area (Å²) in [5.41, 5.74) is 1.84. The third-order valence-electron chi connectivity index (χ3n) is 3.06. The summed E-state index contributed by atoms with van der Waals surface area (Å²) in [6.07, 6.45) is 1.67. The van der Waals surface area contributed by atoms with Crippen LogP contribution in [0.5, 0.6) is 0 Å². The van der Waals surface area contributed by atoms with Gasteiger partial charge < -0.3 is 15.0 Å². The van der Waals surface area contributed by atoms with Gasteiger partial charge in [0.15, 0.2) is 0 Å². The van der Waals surface area contributed by atoms with E-state index in [1.807, 2.05) is 31.2 Å². The number of benzene rings is 1. The molecule has 0 saturated carbocycles. The quantitative estimate of drug-likeness (QED) is 0.635. The first-order chi connectivity index (χ1) is 9.95. The van der Waals surface area contributed by atoms with Crippen molar-refractivity contribution in [2.24, 2.45) is 0 Å². The molecule has 1 heterocycles. The largest absolute Gasteiger partial charge is 0.548 e. The maximum Gasteiger partial charge on any atom is 0.266 e. The van der Waals surface area contributed by atoms with Gasteiger partial charge >= 0.3 is 0 Å². The van der Waals surface area contributed by atoms with Gasteiger partial charge in [0, 0.05) is 0 Å². The first kappa shape index (κ1) is 15.7. The standard InChI is InChI=1S/C14H13NO4S2/c1-8-4-2-3-5-9(8)6-11-12(17)15(14(20)21-11)10(7-16)13(18)19/h2-6,10,16H,7H2,1H3,(H,18,19)/p-1/b11-6-/t10-/m1/s1. The lowest BCUT2D eigenvalue weighted by Gasteiger charge is -2.25. The van der Waals surface area contributed by atoms with E-state index < -0.39 is 24.5 Å². The van der Waals surface area contributed by atoms with E-state index in [4.69, 9.17) is 17.3 Å². The van der Waals surface area contributed by atoms with Crippen LogP contribution in [0.25, 0.3) is 6.08 Å². The van der Waals surface area contributed by atoms with Gasteiger partial charge in [-0.05, 0) is 24.1 Å². The molecule has 0 aromatic heterocycles. The summed E-state index contributed by atoms with van der Waals surface area (Å²) in [6, 6.07) is 6.03. The summed E-state index contributed by atoms with van der Waals surface area (Å²) in [4.78, 5) is 24.5. The zero-order chi connectivity index (χ0) is 15.6. The molecule has 1 atom stereocenters. The lowest BCUT2D eigenvalue weighted by molar-refractivity contribution is -0.311. The summed E-state index contributed by atoms with van der Waals surface area (Å²) in [6.45, 7) is 1.16. The molecule has 0 aliphatic carbocycles. The second-order valence-electron chi connectivity index (χ2n) is 4.43. The Morgan fingerprint density at radius 3 is 2.76 bits per heavy atom. The highest BCUT2D eigenvalue weighted by Crippen LogP contribution is 2.34. The second kappa shape index (κ2) is 6.38. The Balaban J connectivity index is 2.34. The van der Waals surface area contributed by atoms with Crippen molar-refractivity contribution >= 4 is 46.3 Å². The van der Waals surface area contributed by atoms with E-state index in [0.717, 1.165) is 27.8 Å². The average molecular weight is 322 g/mol. The molecule has 1 amide bonds. The number of thioether (sulfide) groups is 1. The third-order valence-corrected chi connectivity index (χ3v) is 4.39. The van der Waals surface area contributed by atoms with Gasteiger partial charge in [0.05, 0.1) is 17.5 Å². The Bertz CT molecular complexity index is 642. The van der Waals surface area contributed by atoms with Crippen molar-refractivity contribution in [2.45, 2.75) is 13.0 Å². The number of nitrogens with zero attached hydrogens (tertiary/aromatic N) is 1. The Hall–Kier alpha value is -1.70. The average Bonchev–Trinajstić information content (AvgIpc) is 2.70. The highest BCUT2D eigenvalue weighted by Gasteiger charge is 2.37. The number of carboxylic acid groups (broad SMARTS) is 1. The van der Waals surface area contributed by atoms with Crippen molar-refractivity contribution in [3.05, 3.63) is 40.3 Å². The second-order valence-corrected chi connectivity index (χ2v) is 6.10. The van der Waals surface area contributed by atoms with Gasteiger partial charge in [0.2, 0.25) is 0 Å². The number of carbonyl (C=O) groups excluding carboxylic acids is 2. The van der Waals surface area contributed by atoms with E-state index in [0.29, 0.717) is 4.91 Å². The molecular formula is C14H12NO4S2-. The van der Waals surface area contributed by atoms with Crippen LogP contribution in [0.15, 0.2) is 29.2 Å². The number of hydrogen-bond acceptors (Lipinski definition) is 6. The molecule has 0 radical (unpaired) electrons. The minimum absolute atomic E-state index is 0.100. The maximum absolute atomic E-state index is 12.3. The van der Waals surface area contributed by atoms with E-state index >= 15 is 0 Å². The molecular weight excluding hydrogens is 310 g/mol. The van der Waals surface area contributed by atoms with Crippen LogP contribution in [0.3, 0.4) is 0 Å². The van der Waals surface area contributed by atoms with Crippen molar-refractivity contribution in [3.8, 4) is 0 Å². The third kappa shape index (κ3) is 3.15. The summed E-state index contributed by atoms with van der Waals surface area (Å²) in [7, 11) is 0. The molecule has 110 valence electrons. The fourth-order valence-corrected chi connectivity index (χ4v) is 3.25. The molecule has 1 aromatic rings. The Kier molecular flexibility index (Phi) is 4.76. The smallest absolute Gasteiger partial charge is 0.266 e. The number of rotatable bonds is 4. The zero-order valence-electron chi connectivity index (χ0n) is 11.1. The van der Waals surface area contributed by atoms with Crippen LogP contribution in [0, 0.1) is 6.92 Å². The van der Waals surface area contributed by atoms with Crippen molar-refractivity contribution in [3.63, 3.8) is 0 Å². The Morgan fingerprint density at radius 1 is 1.52 bits per heavy atom. The topological polar surface area (TPSA) is 80.7 Å². The van der Waals surface area contributed by atoms with Crippen molar-refractivity contribution in [1.82, 2.24) is 4.90 Å². The summed E-state index contributed by atoms with van der Waals surface area (Å²) in [5, 5.41) is 20.1. The lowest BCUT2D eigenvalue weighted by atomic mass is 10.1. The summed E-state index contributed by atoms with van der Waals surface area (Å²) >= 11 is 6.04. The number of aryl methyl sites for hydroxylation is 1. The van der Waals surface area contributed by atoms with Crippen molar-refractivity contribution in [2.75, 3.05) is 6.61 Å². The summed E-state index contributed by atoms with van der Waals surface area (Å²) in [5.74, 6) is -2.07. The van der Waals surface area contributed by atoms with E-state index in [1.165, 1.54) is 0 Å². The van der Waals surface area contributed by atoms with Crippen LogP contribution in [0.1, 0.15) is 11.1 Å². The molecule has 21 heavy (non-hydrogen) atoms. The van der Waals surface area contributed by atoms with Gasteiger partial charge in [-0.15, -0.1) is 0 Å². The number of carboxylic acids is 1. The molecule has 1 saturated heterocycles. The van der Waals surface area contributed by atoms with E-state index in [-0.39, 0.29) is 4.32 Å². The van der Waals surface area contributed by atoms with Gasteiger partial charge in [-0.1, -0.05) is 48.2 Å². The van der Waals surface area contributed by atoms with E-state index in [1.54, 1.807) is 6.08 Å². The SMILES string of the molecule is Cc1ccccc1/C=C1\SC(=S)N([C@H](CO)C(=O)[O-])C1=O. The zero-order valence-corrected chi connectivity index (χ0v) is 12.7. The number of thiocarbonyl (C=S) groups is 1. The number of carbonyl (C=O) groups is 2.